The van der Waals surface area contributed by atoms with Crippen molar-refractivity contribution in [1.82, 2.24) is 10.6 Å². The minimum atomic E-state index is -3.41. The number of sulfonamides is 1. The molecule has 0 spiro atoms. The number of benzene rings is 1. The predicted molar refractivity (Wildman–Crippen MR) is 106 cm³/mol. The summed E-state index contributed by atoms with van der Waals surface area (Å²) in [7, 11) is -3.41. The predicted octanol–water partition coefficient (Wildman–Crippen LogP) is 3.21. The summed E-state index contributed by atoms with van der Waals surface area (Å²) in [6, 6.07) is 7.54. The molecule has 0 unspecified atom stereocenters. The monoisotopic (exact) mass is 381 g/mol. The average molecular weight is 382 g/mol. The van der Waals surface area contributed by atoms with Crippen LogP contribution in [0.5, 0.6) is 0 Å². The first kappa shape index (κ1) is 20.6. The summed E-state index contributed by atoms with van der Waals surface area (Å²) >= 11 is 0. The Kier molecular flexibility index (Phi) is 7.32. The molecule has 0 radical (unpaired) electrons. The Labute approximate surface area is 157 Å². The van der Waals surface area contributed by atoms with E-state index in [9.17, 15) is 13.2 Å². The summed E-state index contributed by atoms with van der Waals surface area (Å²) in [6.07, 6.45) is 6.76. The van der Waals surface area contributed by atoms with Crippen LogP contribution in [0.3, 0.4) is 0 Å². The minimum Gasteiger partial charge on any atom is -0.336 e. The van der Waals surface area contributed by atoms with Gasteiger partial charge in [0.2, 0.25) is 10.0 Å². The molecular formula is C19H31N3O3S. The molecule has 0 heterocycles. The van der Waals surface area contributed by atoms with Crippen molar-refractivity contribution in [2.75, 3.05) is 23.7 Å². The number of anilines is 1. The van der Waals surface area contributed by atoms with Gasteiger partial charge in [-0.15, -0.1) is 0 Å². The molecule has 1 aromatic carbocycles. The van der Waals surface area contributed by atoms with Gasteiger partial charge in [0.05, 0.1) is 18.5 Å². The summed E-state index contributed by atoms with van der Waals surface area (Å²) in [4.78, 5) is 12.0. The zero-order valence-electron chi connectivity index (χ0n) is 16.0. The Morgan fingerprint density at radius 1 is 1.15 bits per heavy atom. The molecule has 0 aromatic heterocycles. The lowest BCUT2D eigenvalue weighted by molar-refractivity contribution is 0.233. The maximum Gasteiger partial charge on any atom is 0.315 e. The van der Waals surface area contributed by atoms with E-state index < -0.39 is 10.0 Å². The summed E-state index contributed by atoms with van der Waals surface area (Å²) in [5, 5.41) is 5.75. The van der Waals surface area contributed by atoms with Crippen molar-refractivity contribution in [2.24, 2.45) is 0 Å². The number of nitrogens with one attached hydrogen (secondary N) is 2. The molecule has 2 N–H and O–H groups in total. The lowest BCUT2D eigenvalue weighted by Crippen LogP contribution is -2.45. The Morgan fingerprint density at radius 3 is 2.31 bits per heavy atom. The Hall–Kier alpha value is -1.76. The lowest BCUT2D eigenvalue weighted by atomic mass is 9.96. The van der Waals surface area contributed by atoms with Crippen molar-refractivity contribution >= 4 is 21.7 Å². The van der Waals surface area contributed by atoms with Crippen molar-refractivity contribution < 1.29 is 13.2 Å². The molecule has 2 rings (SSSR count). The highest BCUT2D eigenvalue weighted by Crippen LogP contribution is 2.21. The highest BCUT2D eigenvalue weighted by atomic mass is 32.2. The molecule has 1 aliphatic rings. The largest absolute Gasteiger partial charge is 0.336 e. The number of hydrogen-bond acceptors (Lipinski definition) is 3. The molecule has 1 aromatic rings. The standard InChI is InChI=1S/C19H31N3O3S/c1-15(2)16-9-11-18(12-10-16)22(26(3,24)25)14-13-20-19(23)21-17-7-5-4-6-8-17/h9-12,15,17H,4-8,13-14H2,1-3H3,(H2,20,21,23). The SMILES string of the molecule is CC(C)c1ccc(N(CCNC(=O)NC2CCCCC2)S(C)(=O)=O)cc1. The third-order valence-electron chi connectivity index (χ3n) is 4.79. The van der Waals surface area contributed by atoms with Crippen molar-refractivity contribution in [3.63, 3.8) is 0 Å². The van der Waals surface area contributed by atoms with Crippen LogP contribution >= 0.6 is 0 Å². The summed E-state index contributed by atoms with van der Waals surface area (Å²) < 4.78 is 25.6. The fourth-order valence-corrected chi connectivity index (χ4v) is 4.19. The maximum absolute atomic E-state index is 12.1. The number of carbonyl (C=O) groups is 1. The van der Waals surface area contributed by atoms with Crippen LogP contribution in [0.2, 0.25) is 0 Å². The minimum absolute atomic E-state index is 0.206. The zero-order chi connectivity index (χ0) is 19.2. The maximum atomic E-state index is 12.1. The molecule has 0 aliphatic heterocycles. The van der Waals surface area contributed by atoms with Crippen LogP contribution in [0.4, 0.5) is 10.5 Å². The van der Waals surface area contributed by atoms with Crippen molar-refractivity contribution in [2.45, 2.75) is 57.9 Å². The molecule has 1 fully saturated rings. The molecule has 6 nitrogen and oxygen atoms in total. The van der Waals surface area contributed by atoms with Crippen molar-refractivity contribution in [1.29, 1.82) is 0 Å². The van der Waals surface area contributed by atoms with Gasteiger partial charge in [-0.2, -0.15) is 0 Å². The third-order valence-corrected chi connectivity index (χ3v) is 5.98. The van der Waals surface area contributed by atoms with Gasteiger partial charge in [-0.1, -0.05) is 45.2 Å². The topological polar surface area (TPSA) is 78.5 Å². The van der Waals surface area contributed by atoms with Gasteiger partial charge in [-0.25, -0.2) is 13.2 Å². The molecule has 7 heteroatoms. The van der Waals surface area contributed by atoms with Gasteiger partial charge in [0.1, 0.15) is 0 Å². The third kappa shape index (κ3) is 6.20. The molecule has 26 heavy (non-hydrogen) atoms. The summed E-state index contributed by atoms with van der Waals surface area (Å²) in [5.41, 5.74) is 1.78. The Bertz CT molecular complexity index is 680. The lowest BCUT2D eigenvalue weighted by Gasteiger charge is -2.25. The second-order valence-electron chi connectivity index (χ2n) is 7.32. The fraction of sp³-hybridized carbons (Fsp3) is 0.632. The number of nitrogens with zero attached hydrogens (tertiary/aromatic N) is 1. The van der Waals surface area contributed by atoms with Crippen LogP contribution in [0.1, 0.15) is 57.4 Å². The number of hydrogen-bond donors (Lipinski definition) is 2. The highest BCUT2D eigenvalue weighted by Gasteiger charge is 2.19. The molecular weight excluding hydrogens is 350 g/mol. The van der Waals surface area contributed by atoms with Crippen LogP contribution in [0.25, 0.3) is 0 Å². The first-order valence-electron chi connectivity index (χ1n) is 9.39. The molecule has 146 valence electrons. The van der Waals surface area contributed by atoms with E-state index in [1.165, 1.54) is 17.0 Å². The van der Waals surface area contributed by atoms with Crippen LogP contribution < -0.4 is 14.9 Å². The van der Waals surface area contributed by atoms with E-state index in [0.717, 1.165) is 31.2 Å². The van der Waals surface area contributed by atoms with Gasteiger partial charge in [0.25, 0.3) is 0 Å². The van der Waals surface area contributed by atoms with E-state index >= 15 is 0 Å². The van der Waals surface area contributed by atoms with E-state index in [1.807, 2.05) is 24.3 Å². The number of rotatable bonds is 7. The molecule has 1 aliphatic carbocycles. The zero-order valence-corrected chi connectivity index (χ0v) is 16.8. The second-order valence-corrected chi connectivity index (χ2v) is 9.22. The Morgan fingerprint density at radius 2 is 1.77 bits per heavy atom. The summed E-state index contributed by atoms with van der Waals surface area (Å²) in [5.74, 6) is 0.390. The average Bonchev–Trinajstić information content (AvgIpc) is 2.58. The normalized spacial score (nSPS) is 15.7. The molecule has 0 bridgehead atoms. The molecule has 1 saturated carbocycles. The van der Waals surface area contributed by atoms with Gasteiger partial charge < -0.3 is 10.6 Å². The molecule has 0 atom stereocenters. The van der Waals surface area contributed by atoms with Crippen molar-refractivity contribution in [3.05, 3.63) is 29.8 Å². The smallest absolute Gasteiger partial charge is 0.315 e. The van der Waals surface area contributed by atoms with Crippen LogP contribution in [0.15, 0.2) is 24.3 Å². The van der Waals surface area contributed by atoms with E-state index in [1.54, 1.807) is 0 Å². The number of urea groups is 1. The quantitative estimate of drug-likeness (QED) is 0.761. The molecule has 0 saturated heterocycles. The Balaban J connectivity index is 1.90. The van der Waals surface area contributed by atoms with Gasteiger partial charge in [0.15, 0.2) is 0 Å². The van der Waals surface area contributed by atoms with E-state index in [-0.39, 0.29) is 25.2 Å². The van der Waals surface area contributed by atoms with Gasteiger partial charge >= 0.3 is 6.03 Å². The van der Waals surface area contributed by atoms with Crippen LogP contribution in [0, 0.1) is 0 Å². The van der Waals surface area contributed by atoms with Crippen LogP contribution in [-0.2, 0) is 10.0 Å². The fourth-order valence-electron chi connectivity index (χ4n) is 3.27. The molecule has 2 amide bonds. The van der Waals surface area contributed by atoms with E-state index in [2.05, 4.69) is 24.5 Å². The number of amides is 2. The first-order valence-corrected chi connectivity index (χ1v) is 11.2. The van der Waals surface area contributed by atoms with Gasteiger partial charge in [-0.3, -0.25) is 4.31 Å². The first-order chi connectivity index (χ1) is 12.3. The number of carbonyl (C=O) groups excluding carboxylic acids is 1. The second kappa shape index (κ2) is 9.26. The van der Waals surface area contributed by atoms with Gasteiger partial charge in [-0.05, 0) is 36.5 Å². The van der Waals surface area contributed by atoms with E-state index in [0.29, 0.717) is 11.6 Å². The van der Waals surface area contributed by atoms with Crippen LogP contribution in [-0.4, -0.2) is 39.8 Å². The highest BCUT2D eigenvalue weighted by molar-refractivity contribution is 7.92. The van der Waals surface area contributed by atoms with E-state index in [4.69, 9.17) is 0 Å². The summed E-state index contributed by atoms with van der Waals surface area (Å²) in [6.45, 7) is 4.66. The van der Waals surface area contributed by atoms with Crippen molar-refractivity contribution in [3.8, 4) is 0 Å². The van der Waals surface area contributed by atoms with Gasteiger partial charge in [0, 0.05) is 12.6 Å².